The molecule has 0 saturated heterocycles. The minimum Gasteiger partial charge on any atom is -0.355 e. The molecule has 0 unspecified atom stereocenters. The Morgan fingerprint density at radius 1 is 1.04 bits per heavy atom. The SMILES string of the molecule is CN1CCN(C(=O)/C=C\c2ccc([N+](=O)[O-])cc2)c2nc3ccccc3nc21. The quantitative estimate of drug-likeness (QED) is 0.397. The lowest BCUT2D eigenvalue weighted by molar-refractivity contribution is -0.384. The molecule has 1 amide bonds. The molecule has 140 valence electrons. The van der Waals surface area contributed by atoms with Gasteiger partial charge in [-0.05, 0) is 35.9 Å². The zero-order valence-electron chi connectivity index (χ0n) is 15.1. The number of benzene rings is 2. The van der Waals surface area contributed by atoms with Gasteiger partial charge in [0.25, 0.3) is 11.6 Å². The molecule has 0 spiro atoms. The summed E-state index contributed by atoms with van der Waals surface area (Å²) in [6, 6.07) is 13.6. The van der Waals surface area contributed by atoms with E-state index in [1.165, 1.54) is 18.2 Å². The monoisotopic (exact) mass is 375 g/mol. The zero-order valence-corrected chi connectivity index (χ0v) is 15.1. The summed E-state index contributed by atoms with van der Waals surface area (Å²) in [7, 11) is 1.93. The number of anilines is 2. The number of hydrogen-bond acceptors (Lipinski definition) is 6. The van der Waals surface area contributed by atoms with E-state index >= 15 is 0 Å². The van der Waals surface area contributed by atoms with Crippen molar-refractivity contribution in [1.29, 1.82) is 0 Å². The highest BCUT2D eigenvalue weighted by Crippen LogP contribution is 2.30. The molecule has 1 aromatic heterocycles. The molecule has 0 bridgehead atoms. The topological polar surface area (TPSA) is 92.5 Å². The third-order valence-corrected chi connectivity index (χ3v) is 4.60. The van der Waals surface area contributed by atoms with Crippen molar-refractivity contribution in [3.05, 3.63) is 70.3 Å². The fraction of sp³-hybridized carbons (Fsp3) is 0.150. The van der Waals surface area contributed by atoms with Crippen LogP contribution in [0.15, 0.2) is 54.6 Å². The second-order valence-electron chi connectivity index (χ2n) is 6.45. The Kier molecular flexibility index (Phi) is 4.44. The predicted octanol–water partition coefficient (Wildman–Crippen LogP) is 3.03. The summed E-state index contributed by atoms with van der Waals surface area (Å²) in [5, 5.41) is 10.7. The summed E-state index contributed by atoms with van der Waals surface area (Å²) in [6.45, 7) is 1.15. The number of likely N-dealkylation sites (N-methyl/N-ethyl adjacent to an activating group) is 1. The van der Waals surface area contributed by atoms with E-state index in [1.54, 1.807) is 23.1 Å². The molecule has 4 rings (SSSR count). The highest BCUT2D eigenvalue weighted by molar-refractivity contribution is 6.05. The van der Waals surface area contributed by atoms with Crippen LogP contribution in [0.4, 0.5) is 17.3 Å². The number of amides is 1. The Balaban J connectivity index is 1.62. The number of rotatable bonds is 3. The van der Waals surface area contributed by atoms with Gasteiger partial charge in [0.15, 0.2) is 11.6 Å². The van der Waals surface area contributed by atoms with Crippen LogP contribution in [-0.4, -0.2) is 40.9 Å². The van der Waals surface area contributed by atoms with Gasteiger partial charge in [-0.15, -0.1) is 0 Å². The minimum absolute atomic E-state index is 0.0126. The van der Waals surface area contributed by atoms with Crippen molar-refractivity contribution in [2.45, 2.75) is 0 Å². The van der Waals surface area contributed by atoms with Gasteiger partial charge in [-0.2, -0.15) is 0 Å². The van der Waals surface area contributed by atoms with Gasteiger partial charge in [-0.25, -0.2) is 9.97 Å². The Morgan fingerprint density at radius 2 is 1.68 bits per heavy atom. The van der Waals surface area contributed by atoms with Crippen LogP contribution in [0.3, 0.4) is 0 Å². The van der Waals surface area contributed by atoms with E-state index in [0.29, 0.717) is 30.3 Å². The smallest absolute Gasteiger partial charge is 0.269 e. The van der Waals surface area contributed by atoms with Crippen LogP contribution < -0.4 is 9.80 Å². The van der Waals surface area contributed by atoms with Gasteiger partial charge in [0.2, 0.25) is 0 Å². The Labute approximate surface area is 160 Å². The van der Waals surface area contributed by atoms with Crippen molar-refractivity contribution in [1.82, 2.24) is 9.97 Å². The highest BCUT2D eigenvalue weighted by Gasteiger charge is 2.27. The van der Waals surface area contributed by atoms with Crippen molar-refractivity contribution in [2.75, 3.05) is 29.9 Å². The van der Waals surface area contributed by atoms with E-state index < -0.39 is 4.92 Å². The first-order valence-corrected chi connectivity index (χ1v) is 8.75. The molecule has 28 heavy (non-hydrogen) atoms. The van der Waals surface area contributed by atoms with Crippen LogP contribution in [0.2, 0.25) is 0 Å². The number of hydrogen-bond donors (Lipinski definition) is 0. The standard InChI is InChI=1S/C20H17N5O3/c1-23-12-13-24(20-19(23)21-16-4-2-3-5-17(16)22-20)18(26)11-8-14-6-9-15(10-7-14)25(27)28/h2-11H,12-13H2,1H3/b11-8-. The third kappa shape index (κ3) is 3.27. The van der Waals surface area contributed by atoms with Gasteiger partial charge in [-0.1, -0.05) is 12.1 Å². The average molecular weight is 375 g/mol. The molecule has 0 radical (unpaired) electrons. The van der Waals surface area contributed by atoms with Crippen LogP contribution >= 0.6 is 0 Å². The molecule has 0 aliphatic carbocycles. The number of nitro benzene ring substituents is 1. The molecule has 0 fully saturated rings. The molecular weight excluding hydrogens is 358 g/mol. The van der Waals surface area contributed by atoms with Gasteiger partial charge >= 0.3 is 0 Å². The van der Waals surface area contributed by atoms with Gasteiger partial charge < -0.3 is 4.90 Å². The molecule has 2 aromatic carbocycles. The lowest BCUT2D eigenvalue weighted by Gasteiger charge is -2.33. The Bertz CT molecular complexity index is 1090. The molecule has 1 aliphatic heterocycles. The third-order valence-electron chi connectivity index (χ3n) is 4.60. The summed E-state index contributed by atoms with van der Waals surface area (Å²) >= 11 is 0. The molecule has 0 atom stereocenters. The number of para-hydroxylation sites is 2. The van der Waals surface area contributed by atoms with Crippen LogP contribution in [0.1, 0.15) is 5.56 Å². The Morgan fingerprint density at radius 3 is 2.32 bits per heavy atom. The first kappa shape index (κ1) is 17.6. The van der Waals surface area contributed by atoms with Crippen molar-refractivity contribution >= 4 is 40.3 Å². The summed E-state index contributed by atoms with van der Waals surface area (Å²) < 4.78 is 0. The number of fused-ring (bicyclic) bond motifs is 2. The van der Waals surface area contributed by atoms with Gasteiger partial charge in [0.1, 0.15) is 0 Å². The normalized spacial score (nSPS) is 13.8. The first-order chi connectivity index (χ1) is 13.5. The van der Waals surface area contributed by atoms with E-state index in [2.05, 4.69) is 9.97 Å². The maximum absolute atomic E-state index is 12.8. The molecule has 0 N–H and O–H groups in total. The van der Waals surface area contributed by atoms with Gasteiger partial charge in [-0.3, -0.25) is 19.8 Å². The summed E-state index contributed by atoms with van der Waals surface area (Å²) in [5.41, 5.74) is 2.23. The number of nitrogens with zero attached hydrogens (tertiary/aromatic N) is 5. The second kappa shape index (κ2) is 7.07. The minimum atomic E-state index is -0.456. The fourth-order valence-corrected chi connectivity index (χ4v) is 3.06. The molecule has 2 heterocycles. The molecule has 0 saturated carbocycles. The first-order valence-electron chi connectivity index (χ1n) is 8.75. The number of carbonyl (C=O) groups excluding carboxylic acids is 1. The summed E-state index contributed by atoms with van der Waals surface area (Å²) in [4.78, 5) is 36.0. The van der Waals surface area contributed by atoms with E-state index in [1.807, 2.05) is 36.2 Å². The van der Waals surface area contributed by atoms with E-state index in [-0.39, 0.29) is 11.6 Å². The van der Waals surface area contributed by atoms with E-state index in [0.717, 1.165) is 11.0 Å². The highest BCUT2D eigenvalue weighted by atomic mass is 16.6. The van der Waals surface area contributed by atoms with Crippen molar-refractivity contribution in [3.63, 3.8) is 0 Å². The lowest BCUT2D eigenvalue weighted by Crippen LogP contribution is -2.43. The average Bonchev–Trinajstić information content (AvgIpc) is 2.71. The van der Waals surface area contributed by atoms with Crippen molar-refractivity contribution < 1.29 is 9.72 Å². The molecule has 3 aromatic rings. The van der Waals surface area contributed by atoms with Gasteiger partial charge in [0.05, 0.1) is 16.0 Å². The number of carbonyl (C=O) groups is 1. The predicted molar refractivity (Wildman–Crippen MR) is 107 cm³/mol. The van der Waals surface area contributed by atoms with Crippen LogP contribution in [0.5, 0.6) is 0 Å². The van der Waals surface area contributed by atoms with Crippen LogP contribution in [-0.2, 0) is 4.79 Å². The fourth-order valence-electron chi connectivity index (χ4n) is 3.06. The summed E-state index contributed by atoms with van der Waals surface area (Å²) in [6.07, 6.45) is 3.09. The second-order valence-corrected chi connectivity index (χ2v) is 6.45. The molecule has 8 heteroatoms. The Hall–Kier alpha value is -3.81. The van der Waals surface area contributed by atoms with E-state index in [9.17, 15) is 14.9 Å². The van der Waals surface area contributed by atoms with Crippen molar-refractivity contribution in [2.24, 2.45) is 0 Å². The van der Waals surface area contributed by atoms with Crippen LogP contribution in [0, 0.1) is 10.1 Å². The lowest BCUT2D eigenvalue weighted by atomic mass is 10.2. The zero-order chi connectivity index (χ0) is 19.7. The maximum atomic E-state index is 12.8. The number of aromatic nitrogens is 2. The molecular formula is C20H17N5O3. The number of nitro groups is 1. The van der Waals surface area contributed by atoms with Gasteiger partial charge in [0, 0.05) is 38.3 Å². The number of non-ortho nitro benzene ring substituents is 1. The summed E-state index contributed by atoms with van der Waals surface area (Å²) in [5.74, 6) is 0.991. The van der Waals surface area contributed by atoms with Crippen LogP contribution in [0.25, 0.3) is 17.1 Å². The largest absolute Gasteiger partial charge is 0.355 e. The van der Waals surface area contributed by atoms with Crippen molar-refractivity contribution in [3.8, 4) is 0 Å². The molecule has 8 nitrogen and oxygen atoms in total. The maximum Gasteiger partial charge on any atom is 0.269 e. The van der Waals surface area contributed by atoms with E-state index in [4.69, 9.17) is 0 Å². The molecule has 1 aliphatic rings.